The summed E-state index contributed by atoms with van der Waals surface area (Å²) in [6, 6.07) is 6.25. The van der Waals surface area contributed by atoms with Crippen molar-refractivity contribution in [1.29, 1.82) is 0 Å². The third kappa shape index (κ3) is 2.54. The molecule has 1 aromatic rings. The number of hydrogen-bond donors (Lipinski definition) is 1. The van der Waals surface area contributed by atoms with Crippen LogP contribution >= 0.6 is 0 Å². The Bertz CT molecular complexity index is 444. The summed E-state index contributed by atoms with van der Waals surface area (Å²) in [5.74, 6) is 1.14. The van der Waals surface area contributed by atoms with Gasteiger partial charge in [0.15, 0.2) is 0 Å². The van der Waals surface area contributed by atoms with Gasteiger partial charge in [-0.15, -0.1) is 0 Å². The van der Waals surface area contributed by atoms with E-state index >= 15 is 0 Å². The molecule has 2 aliphatic heterocycles. The Morgan fingerprint density at radius 3 is 2.75 bits per heavy atom. The quantitative estimate of drug-likeness (QED) is 0.914. The molecule has 3 heterocycles. The second-order valence-corrected chi connectivity index (χ2v) is 6.25. The molecular weight excluding hydrogens is 248 g/mol. The molecule has 2 fully saturated rings. The van der Waals surface area contributed by atoms with Gasteiger partial charge < -0.3 is 10.2 Å². The van der Waals surface area contributed by atoms with Crippen molar-refractivity contribution >= 4 is 5.82 Å². The summed E-state index contributed by atoms with van der Waals surface area (Å²) in [7, 11) is 4.27. The van der Waals surface area contributed by atoms with Crippen LogP contribution in [0.1, 0.15) is 37.8 Å². The standard InChI is InChI=1S/C16H26N4/c1-12(17-2)13-4-7-16(18-10-13)20-9-8-14-5-6-15(11-20)19(14)3/h4,7,10,12,14-15,17H,5-6,8-9,11H2,1-3H3. The van der Waals surface area contributed by atoms with Gasteiger partial charge in [0.1, 0.15) is 5.82 Å². The van der Waals surface area contributed by atoms with Gasteiger partial charge >= 0.3 is 0 Å². The summed E-state index contributed by atoms with van der Waals surface area (Å²) in [6.07, 6.45) is 6.00. The monoisotopic (exact) mass is 274 g/mol. The molecule has 110 valence electrons. The van der Waals surface area contributed by atoms with Crippen molar-refractivity contribution in [2.24, 2.45) is 0 Å². The van der Waals surface area contributed by atoms with Crippen molar-refractivity contribution in [3.05, 3.63) is 23.9 Å². The molecule has 0 aromatic carbocycles. The van der Waals surface area contributed by atoms with Crippen LogP contribution in [-0.2, 0) is 0 Å². The first-order valence-electron chi connectivity index (χ1n) is 7.79. The molecule has 2 saturated heterocycles. The molecule has 4 heteroatoms. The third-order valence-electron chi connectivity index (χ3n) is 5.18. The molecule has 20 heavy (non-hydrogen) atoms. The maximum Gasteiger partial charge on any atom is 0.128 e. The van der Waals surface area contributed by atoms with Gasteiger partial charge in [-0.25, -0.2) is 4.98 Å². The smallest absolute Gasteiger partial charge is 0.128 e. The summed E-state index contributed by atoms with van der Waals surface area (Å²) in [5, 5.41) is 3.26. The number of pyridine rings is 1. The Morgan fingerprint density at radius 2 is 2.05 bits per heavy atom. The van der Waals surface area contributed by atoms with Crippen molar-refractivity contribution in [2.75, 3.05) is 32.1 Å². The Morgan fingerprint density at radius 1 is 1.25 bits per heavy atom. The number of rotatable bonds is 3. The van der Waals surface area contributed by atoms with Crippen LogP contribution in [0, 0.1) is 0 Å². The van der Waals surface area contributed by atoms with Gasteiger partial charge in [0.2, 0.25) is 0 Å². The highest BCUT2D eigenvalue weighted by Crippen LogP contribution is 2.30. The molecule has 1 aromatic heterocycles. The lowest BCUT2D eigenvalue weighted by Crippen LogP contribution is -2.36. The van der Waals surface area contributed by atoms with Gasteiger partial charge in [0, 0.05) is 37.4 Å². The van der Waals surface area contributed by atoms with E-state index in [4.69, 9.17) is 0 Å². The van der Waals surface area contributed by atoms with Crippen molar-refractivity contribution in [2.45, 2.75) is 44.3 Å². The second kappa shape index (κ2) is 5.70. The first kappa shape index (κ1) is 13.8. The topological polar surface area (TPSA) is 31.4 Å². The predicted octanol–water partition coefficient (Wildman–Crippen LogP) is 2.03. The minimum Gasteiger partial charge on any atom is -0.355 e. The van der Waals surface area contributed by atoms with Crippen LogP contribution < -0.4 is 10.2 Å². The number of nitrogens with zero attached hydrogens (tertiary/aromatic N) is 3. The van der Waals surface area contributed by atoms with Crippen molar-refractivity contribution in [3.8, 4) is 0 Å². The van der Waals surface area contributed by atoms with E-state index in [0.29, 0.717) is 12.1 Å². The number of aromatic nitrogens is 1. The van der Waals surface area contributed by atoms with Crippen molar-refractivity contribution in [3.63, 3.8) is 0 Å². The Kier molecular flexibility index (Phi) is 3.94. The van der Waals surface area contributed by atoms with Crippen LogP contribution in [0.5, 0.6) is 0 Å². The van der Waals surface area contributed by atoms with Gasteiger partial charge in [-0.3, -0.25) is 4.90 Å². The van der Waals surface area contributed by atoms with E-state index in [-0.39, 0.29) is 0 Å². The third-order valence-corrected chi connectivity index (χ3v) is 5.18. The lowest BCUT2D eigenvalue weighted by Gasteiger charge is -2.27. The largest absolute Gasteiger partial charge is 0.355 e. The van der Waals surface area contributed by atoms with E-state index < -0.39 is 0 Å². The molecule has 4 nitrogen and oxygen atoms in total. The zero-order valence-electron chi connectivity index (χ0n) is 12.8. The summed E-state index contributed by atoms with van der Waals surface area (Å²) in [4.78, 5) is 9.74. The highest BCUT2D eigenvalue weighted by atomic mass is 15.3. The molecule has 1 N–H and O–H groups in total. The fourth-order valence-electron chi connectivity index (χ4n) is 3.52. The van der Waals surface area contributed by atoms with E-state index in [1.54, 1.807) is 0 Å². The maximum absolute atomic E-state index is 4.69. The zero-order chi connectivity index (χ0) is 14.1. The average Bonchev–Trinajstić information content (AvgIpc) is 2.72. The Hall–Kier alpha value is -1.13. The zero-order valence-corrected chi connectivity index (χ0v) is 12.8. The molecule has 2 aliphatic rings. The molecule has 0 aliphatic carbocycles. The second-order valence-electron chi connectivity index (χ2n) is 6.25. The molecule has 3 rings (SSSR count). The number of fused-ring (bicyclic) bond motifs is 2. The van der Waals surface area contributed by atoms with E-state index in [0.717, 1.165) is 24.9 Å². The highest BCUT2D eigenvalue weighted by Gasteiger charge is 2.34. The first-order chi connectivity index (χ1) is 9.69. The van der Waals surface area contributed by atoms with E-state index in [1.807, 2.05) is 13.2 Å². The van der Waals surface area contributed by atoms with Crippen LogP contribution in [0.4, 0.5) is 5.82 Å². The number of nitrogens with one attached hydrogen (secondary N) is 1. The van der Waals surface area contributed by atoms with Crippen molar-refractivity contribution < 1.29 is 0 Å². The summed E-state index contributed by atoms with van der Waals surface area (Å²) in [5.41, 5.74) is 1.25. The molecule has 0 amide bonds. The summed E-state index contributed by atoms with van der Waals surface area (Å²) < 4.78 is 0. The van der Waals surface area contributed by atoms with Crippen LogP contribution in [0.3, 0.4) is 0 Å². The lowest BCUT2D eigenvalue weighted by molar-refractivity contribution is 0.254. The minimum absolute atomic E-state index is 0.364. The Balaban J connectivity index is 1.73. The van der Waals surface area contributed by atoms with Crippen LogP contribution in [0.25, 0.3) is 0 Å². The van der Waals surface area contributed by atoms with Gasteiger partial charge in [-0.1, -0.05) is 6.07 Å². The minimum atomic E-state index is 0.364. The molecule has 0 radical (unpaired) electrons. The number of anilines is 1. The van der Waals surface area contributed by atoms with E-state index in [2.05, 4.69) is 46.2 Å². The molecular formula is C16H26N4. The maximum atomic E-state index is 4.69. The fraction of sp³-hybridized carbons (Fsp3) is 0.688. The fourth-order valence-corrected chi connectivity index (χ4v) is 3.52. The van der Waals surface area contributed by atoms with E-state index in [1.165, 1.54) is 24.8 Å². The SMILES string of the molecule is CNC(C)c1ccc(N2CCC3CCC(C2)N3C)nc1. The summed E-state index contributed by atoms with van der Waals surface area (Å²) in [6.45, 7) is 4.43. The van der Waals surface area contributed by atoms with Gasteiger partial charge in [-0.05, 0) is 51.9 Å². The molecule has 3 atom stereocenters. The summed E-state index contributed by atoms with van der Waals surface area (Å²) >= 11 is 0. The molecule has 0 spiro atoms. The molecule has 3 unspecified atom stereocenters. The van der Waals surface area contributed by atoms with Gasteiger partial charge in [-0.2, -0.15) is 0 Å². The van der Waals surface area contributed by atoms with Crippen molar-refractivity contribution in [1.82, 2.24) is 15.2 Å². The van der Waals surface area contributed by atoms with Crippen LogP contribution in [-0.4, -0.2) is 49.2 Å². The van der Waals surface area contributed by atoms with Crippen LogP contribution in [0.2, 0.25) is 0 Å². The lowest BCUT2D eigenvalue weighted by atomic mass is 10.1. The normalized spacial score (nSPS) is 28.4. The molecule has 0 saturated carbocycles. The number of likely N-dealkylation sites (N-methyl/N-ethyl adjacent to an activating group) is 1. The molecule has 2 bridgehead atoms. The average molecular weight is 274 g/mol. The van der Waals surface area contributed by atoms with E-state index in [9.17, 15) is 0 Å². The van der Waals surface area contributed by atoms with Gasteiger partial charge in [0.05, 0.1) is 0 Å². The Labute approximate surface area is 122 Å². The van der Waals surface area contributed by atoms with Gasteiger partial charge in [0.25, 0.3) is 0 Å². The van der Waals surface area contributed by atoms with Crippen LogP contribution in [0.15, 0.2) is 18.3 Å². The first-order valence-corrected chi connectivity index (χ1v) is 7.79. The highest BCUT2D eigenvalue weighted by molar-refractivity contribution is 5.40. The predicted molar refractivity (Wildman–Crippen MR) is 83.1 cm³/mol. The number of hydrogen-bond acceptors (Lipinski definition) is 4.